The van der Waals surface area contributed by atoms with Crippen molar-refractivity contribution in [2.45, 2.75) is 6.61 Å². The highest BCUT2D eigenvalue weighted by Gasteiger charge is 2.35. The molecule has 1 saturated heterocycles. The van der Waals surface area contributed by atoms with Crippen LogP contribution in [0.5, 0.6) is 17.2 Å². The molecule has 0 saturated carbocycles. The Morgan fingerprint density at radius 3 is 2.26 bits per heavy atom. The number of methoxy groups -OCH3 is 1. The van der Waals surface area contributed by atoms with E-state index in [4.69, 9.17) is 14.2 Å². The monoisotopic (exact) mass is 617 g/mol. The van der Waals surface area contributed by atoms with Crippen LogP contribution in [-0.2, 0) is 11.4 Å². The van der Waals surface area contributed by atoms with Gasteiger partial charge in [0.05, 0.1) is 27.5 Å². The second-order valence-electron chi connectivity index (χ2n) is 7.42. The van der Waals surface area contributed by atoms with E-state index in [-0.39, 0.29) is 24.3 Å². The zero-order chi connectivity index (χ0) is 24.8. The summed E-state index contributed by atoms with van der Waals surface area (Å²) in [5.74, 6) is 1.46. The Balaban J connectivity index is 1.41. The van der Waals surface area contributed by atoms with Crippen LogP contribution in [0.25, 0.3) is 6.08 Å². The van der Waals surface area contributed by atoms with Gasteiger partial charge in [0.15, 0.2) is 11.5 Å². The highest BCUT2D eigenvalue weighted by atomic mass is 79.9. The molecule has 0 bridgehead atoms. The molecular formula is C26H21Br2NO5S. The predicted molar refractivity (Wildman–Crippen MR) is 144 cm³/mol. The Morgan fingerprint density at radius 1 is 0.914 bits per heavy atom. The van der Waals surface area contributed by atoms with Gasteiger partial charge in [-0.15, -0.1) is 0 Å². The van der Waals surface area contributed by atoms with Crippen molar-refractivity contribution < 1.29 is 23.8 Å². The van der Waals surface area contributed by atoms with Crippen molar-refractivity contribution >= 4 is 60.8 Å². The molecule has 2 amide bonds. The predicted octanol–water partition coefficient (Wildman–Crippen LogP) is 6.91. The lowest BCUT2D eigenvalue weighted by Crippen LogP contribution is -2.32. The van der Waals surface area contributed by atoms with Crippen molar-refractivity contribution in [2.24, 2.45) is 0 Å². The Hall–Kier alpha value is -2.75. The molecule has 3 aromatic carbocycles. The van der Waals surface area contributed by atoms with Gasteiger partial charge in [0.2, 0.25) is 0 Å². The van der Waals surface area contributed by atoms with Gasteiger partial charge >= 0.3 is 0 Å². The first-order valence-corrected chi connectivity index (χ1v) is 13.0. The topological polar surface area (TPSA) is 65.1 Å². The third kappa shape index (κ3) is 6.28. The molecule has 0 N–H and O–H groups in total. The molecule has 0 radical (unpaired) electrons. The lowest BCUT2D eigenvalue weighted by molar-refractivity contribution is -0.123. The van der Waals surface area contributed by atoms with Crippen LogP contribution >= 0.6 is 43.6 Å². The summed E-state index contributed by atoms with van der Waals surface area (Å²) in [6, 6.07) is 20.8. The average molecular weight is 619 g/mol. The molecule has 0 spiro atoms. The summed E-state index contributed by atoms with van der Waals surface area (Å²) >= 11 is 8.01. The first kappa shape index (κ1) is 25.3. The minimum Gasteiger partial charge on any atom is -0.493 e. The molecule has 1 fully saturated rings. The van der Waals surface area contributed by atoms with Crippen LogP contribution in [0.1, 0.15) is 11.1 Å². The van der Waals surface area contributed by atoms with Crippen LogP contribution in [0.3, 0.4) is 0 Å². The Bertz CT molecular complexity index is 1240. The molecule has 1 heterocycles. The Kier molecular flexibility index (Phi) is 8.54. The van der Waals surface area contributed by atoms with E-state index in [1.165, 1.54) is 4.90 Å². The van der Waals surface area contributed by atoms with Crippen molar-refractivity contribution in [3.05, 3.63) is 91.7 Å². The van der Waals surface area contributed by atoms with Crippen LogP contribution in [-0.4, -0.2) is 36.3 Å². The number of ether oxygens (including phenoxy) is 3. The molecule has 35 heavy (non-hydrogen) atoms. The van der Waals surface area contributed by atoms with E-state index in [0.29, 0.717) is 28.8 Å². The summed E-state index contributed by atoms with van der Waals surface area (Å²) in [7, 11) is 1.56. The van der Waals surface area contributed by atoms with Crippen LogP contribution < -0.4 is 14.2 Å². The summed E-state index contributed by atoms with van der Waals surface area (Å²) < 4.78 is 18.4. The number of rotatable bonds is 9. The van der Waals surface area contributed by atoms with E-state index >= 15 is 0 Å². The summed E-state index contributed by atoms with van der Waals surface area (Å²) in [4.78, 5) is 26.9. The first-order valence-electron chi connectivity index (χ1n) is 10.6. The van der Waals surface area contributed by atoms with Crippen LogP contribution in [0.15, 0.2) is 80.6 Å². The number of amides is 2. The maximum atomic E-state index is 12.9. The minimum absolute atomic E-state index is 0.139. The third-order valence-corrected chi connectivity index (χ3v) is 7.14. The number of imide groups is 1. The summed E-state index contributed by atoms with van der Waals surface area (Å²) in [6.45, 7) is 0.725. The number of halogens is 2. The van der Waals surface area contributed by atoms with Crippen molar-refractivity contribution in [3.8, 4) is 17.2 Å². The first-order chi connectivity index (χ1) is 17.0. The zero-order valence-corrected chi connectivity index (χ0v) is 22.7. The third-order valence-electron chi connectivity index (χ3n) is 5.06. The van der Waals surface area contributed by atoms with E-state index in [1.54, 1.807) is 25.3 Å². The summed E-state index contributed by atoms with van der Waals surface area (Å²) in [6.07, 6.45) is 1.70. The molecule has 180 valence electrons. The maximum Gasteiger partial charge on any atom is 0.293 e. The van der Waals surface area contributed by atoms with Crippen molar-refractivity contribution in [3.63, 3.8) is 0 Å². The smallest absolute Gasteiger partial charge is 0.293 e. The average Bonchev–Trinajstić information content (AvgIpc) is 3.11. The Morgan fingerprint density at radius 2 is 1.57 bits per heavy atom. The van der Waals surface area contributed by atoms with Gasteiger partial charge in [-0.1, -0.05) is 42.5 Å². The van der Waals surface area contributed by atoms with Gasteiger partial charge in [-0.05, 0) is 85.1 Å². The van der Waals surface area contributed by atoms with Crippen molar-refractivity contribution in [2.75, 3.05) is 20.3 Å². The van der Waals surface area contributed by atoms with Gasteiger partial charge in [-0.25, -0.2) is 0 Å². The van der Waals surface area contributed by atoms with Gasteiger partial charge in [0, 0.05) is 0 Å². The number of carbonyl (C=O) groups is 2. The van der Waals surface area contributed by atoms with E-state index in [2.05, 4.69) is 31.9 Å². The largest absolute Gasteiger partial charge is 0.493 e. The lowest BCUT2D eigenvalue weighted by atomic mass is 10.2. The van der Waals surface area contributed by atoms with E-state index in [9.17, 15) is 9.59 Å². The SMILES string of the molecule is COc1ccccc1OCCN1C(=O)S/C(=C\c2cc(Br)c(OCc3ccccc3)c(Br)c2)C1=O. The quantitative estimate of drug-likeness (QED) is 0.243. The molecule has 1 aliphatic heterocycles. The normalized spacial score (nSPS) is 14.5. The lowest BCUT2D eigenvalue weighted by Gasteiger charge is -2.14. The van der Waals surface area contributed by atoms with Gasteiger partial charge in [0.25, 0.3) is 11.1 Å². The van der Waals surface area contributed by atoms with E-state index in [0.717, 1.165) is 31.8 Å². The number of nitrogens with zero attached hydrogens (tertiary/aromatic N) is 1. The number of hydrogen-bond acceptors (Lipinski definition) is 6. The van der Waals surface area contributed by atoms with Crippen LogP contribution in [0.2, 0.25) is 0 Å². The maximum absolute atomic E-state index is 12.9. The number of carbonyl (C=O) groups excluding carboxylic acids is 2. The van der Waals surface area contributed by atoms with E-state index in [1.807, 2.05) is 54.6 Å². The molecule has 0 atom stereocenters. The fraction of sp³-hybridized carbons (Fsp3) is 0.154. The molecule has 1 aliphatic rings. The molecule has 9 heteroatoms. The molecule has 0 unspecified atom stereocenters. The van der Waals surface area contributed by atoms with Gasteiger partial charge < -0.3 is 14.2 Å². The van der Waals surface area contributed by atoms with Gasteiger partial charge in [-0.2, -0.15) is 0 Å². The number of hydrogen-bond donors (Lipinski definition) is 0. The highest BCUT2D eigenvalue weighted by Crippen LogP contribution is 2.38. The molecule has 0 aromatic heterocycles. The fourth-order valence-corrected chi connectivity index (χ4v) is 5.68. The number of para-hydroxylation sites is 2. The molecule has 6 nitrogen and oxygen atoms in total. The van der Waals surface area contributed by atoms with Crippen molar-refractivity contribution in [1.82, 2.24) is 4.90 Å². The number of thioether (sulfide) groups is 1. The standard InChI is InChI=1S/C26H21Br2NO5S/c1-32-21-9-5-6-10-22(21)33-12-11-29-25(30)23(35-26(29)31)15-18-13-19(27)24(20(28)14-18)34-16-17-7-3-2-4-8-17/h2-10,13-15H,11-12,16H2,1H3/b23-15-. The zero-order valence-electron chi connectivity index (χ0n) is 18.7. The summed E-state index contributed by atoms with van der Waals surface area (Å²) in [5, 5.41) is -0.328. The second-order valence-corrected chi connectivity index (χ2v) is 10.1. The second kappa shape index (κ2) is 11.8. The van der Waals surface area contributed by atoms with Gasteiger partial charge in [0.1, 0.15) is 19.0 Å². The molecule has 4 rings (SSSR count). The summed E-state index contributed by atoms with van der Waals surface area (Å²) in [5.41, 5.74) is 1.81. The van der Waals surface area contributed by atoms with Gasteiger partial charge in [-0.3, -0.25) is 14.5 Å². The van der Waals surface area contributed by atoms with Crippen LogP contribution in [0, 0.1) is 0 Å². The van der Waals surface area contributed by atoms with E-state index < -0.39 is 0 Å². The highest BCUT2D eigenvalue weighted by molar-refractivity contribution is 9.11. The molecule has 3 aromatic rings. The molecular weight excluding hydrogens is 598 g/mol. The minimum atomic E-state index is -0.347. The van der Waals surface area contributed by atoms with Crippen molar-refractivity contribution in [1.29, 1.82) is 0 Å². The fourth-order valence-electron chi connectivity index (χ4n) is 3.36. The van der Waals surface area contributed by atoms with Crippen LogP contribution in [0.4, 0.5) is 4.79 Å². The Labute approximate surface area is 224 Å². The molecule has 0 aliphatic carbocycles. The number of benzene rings is 3.